The summed E-state index contributed by atoms with van der Waals surface area (Å²) in [6, 6.07) is 0. The Labute approximate surface area is 102 Å². The summed E-state index contributed by atoms with van der Waals surface area (Å²) in [5, 5.41) is 3.14. The van der Waals surface area contributed by atoms with E-state index in [-0.39, 0.29) is 11.6 Å². The van der Waals surface area contributed by atoms with E-state index in [0.717, 1.165) is 37.0 Å². The van der Waals surface area contributed by atoms with Crippen LogP contribution in [0.2, 0.25) is 0 Å². The van der Waals surface area contributed by atoms with Crippen LogP contribution in [-0.2, 0) is 4.74 Å². The zero-order chi connectivity index (χ0) is 11.9. The van der Waals surface area contributed by atoms with Crippen molar-refractivity contribution in [3.8, 4) is 0 Å². The lowest BCUT2D eigenvalue weighted by atomic mass is 9.53. The first-order chi connectivity index (χ1) is 8.19. The maximum absolute atomic E-state index is 11.7. The van der Waals surface area contributed by atoms with Gasteiger partial charge in [-0.15, -0.1) is 0 Å². The molecule has 0 aromatic carbocycles. The van der Waals surface area contributed by atoms with Crippen molar-refractivity contribution in [3.05, 3.63) is 0 Å². The van der Waals surface area contributed by atoms with Crippen molar-refractivity contribution in [3.63, 3.8) is 0 Å². The predicted molar refractivity (Wildman–Crippen MR) is 64.4 cm³/mol. The smallest absolute Gasteiger partial charge is 0.407 e. The summed E-state index contributed by atoms with van der Waals surface area (Å²) < 4.78 is 5.06. The Balaban J connectivity index is 1.64. The Bertz CT molecular complexity index is 281. The minimum absolute atomic E-state index is 0.0560. The van der Waals surface area contributed by atoms with Gasteiger partial charge in [0.05, 0.1) is 0 Å². The molecule has 96 valence electrons. The number of carbonyl (C=O) groups excluding carboxylic acids is 1. The molecule has 0 spiro atoms. The summed E-state index contributed by atoms with van der Waals surface area (Å²) in [4.78, 5) is 11.7. The fraction of sp³-hybridized carbons (Fsp3) is 0.923. The highest BCUT2D eigenvalue weighted by Gasteiger charge is 2.51. The molecular weight excluding hydrogens is 216 g/mol. The highest BCUT2D eigenvalue weighted by Crippen LogP contribution is 2.55. The van der Waals surface area contributed by atoms with Crippen LogP contribution in [-0.4, -0.2) is 24.8 Å². The Morgan fingerprint density at radius 1 is 1.18 bits per heavy atom. The van der Waals surface area contributed by atoms with Crippen LogP contribution in [0.3, 0.4) is 0 Å². The number of amides is 1. The molecule has 4 saturated carbocycles. The van der Waals surface area contributed by atoms with E-state index in [1.54, 1.807) is 0 Å². The van der Waals surface area contributed by atoms with Crippen LogP contribution in [0.25, 0.3) is 0 Å². The second-order valence-electron chi connectivity index (χ2n) is 6.25. The van der Waals surface area contributed by atoms with E-state index in [2.05, 4.69) is 5.32 Å². The van der Waals surface area contributed by atoms with Crippen molar-refractivity contribution in [1.29, 1.82) is 0 Å². The van der Waals surface area contributed by atoms with Gasteiger partial charge in [-0.05, 0) is 56.3 Å². The number of rotatable bonds is 3. The maximum Gasteiger partial charge on any atom is 0.407 e. The Kier molecular flexibility index (Phi) is 2.77. The van der Waals surface area contributed by atoms with E-state index in [4.69, 9.17) is 10.5 Å². The van der Waals surface area contributed by atoms with Gasteiger partial charge >= 0.3 is 6.09 Å². The molecule has 0 aliphatic heterocycles. The van der Waals surface area contributed by atoms with E-state index < -0.39 is 0 Å². The number of hydrogen-bond donors (Lipinski definition) is 2. The number of carbonyl (C=O) groups is 1. The summed E-state index contributed by atoms with van der Waals surface area (Å²) >= 11 is 0. The van der Waals surface area contributed by atoms with Crippen LogP contribution in [0.5, 0.6) is 0 Å². The van der Waals surface area contributed by atoms with Crippen molar-refractivity contribution in [2.24, 2.45) is 23.5 Å². The minimum Gasteiger partial charge on any atom is -0.448 e. The number of nitrogens with two attached hydrogens (primary N) is 1. The van der Waals surface area contributed by atoms with Crippen LogP contribution < -0.4 is 11.1 Å². The lowest BCUT2D eigenvalue weighted by Crippen LogP contribution is -2.60. The Morgan fingerprint density at radius 2 is 1.71 bits per heavy atom. The molecule has 4 nitrogen and oxygen atoms in total. The van der Waals surface area contributed by atoms with Crippen molar-refractivity contribution in [2.45, 2.75) is 44.1 Å². The molecule has 3 N–H and O–H groups in total. The van der Waals surface area contributed by atoms with Gasteiger partial charge in [-0.2, -0.15) is 0 Å². The molecule has 17 heavy (non-hydrogen) atoms. The molecule has 0 heterocycles. The summed E-state index contributed by atoms with van der Waals surface area (Å²) in [5.41, 5.74) is 5.39. The normalized spacial score (nSPS) is 42.5. The van der Waals surface area contributed by atoms with Crippen molar-refractivity contribution >= 4 is 6.09 Å². The number of hydrogen-bond acceptors (Lipinski definition) is 3. The summed E-state index contributed by atoms with van der Waals surface area (Å²) in [7, 11) is 0. The van der Waals surface area contributed by atoms with Crippen LogP contribution in [0.4, 0.5) is 4.79 Å². The lowest BCUT2D eigenvalue weighted by molar-refractivity contribution is -0.0189. The molecule has 4 bridgehead atoms. The van der Waals surface area contributed by atoms with Gasteiger partial charge in [0, 0.05) is 12.1 Å². The molecule has 1 amide bonds. The van der Waals surface area contributed by atoms with E-state index >= 15 is 0 Å². The quantitative estimate of drug-likeness (QED) is 0.785. The zero-order valence-corrected chi connectivity index (χ0v) is 10.3. The molecule has 0 atom stereocenters. The fourth-order valence-electron chi connectivity index (χ4n) is 4.67. The first kappa shape index (κ1) is 11.3. The summed E-state index contributed by atoms with van der Waals surface area (Å²) in [5.74, 6) is 2.53. The Hall–Kier alpha value is -0.770. The summed E-state index contributed by atoms with van der Waals surface area (Å²) in [6.07, 6.45) is 7.39. The highest BCUT2D eigenvalue weighted by atomic mass is 16.5. The van der Waals surface area contributed by atoms with E-state index in [1.807, 2.05) is 0 Å². The zero-order valence-electron chi connectivity index (χ0n) is 10.3. The SMILES string of the molecule is NCCOC(=O)NC12CC3CC(CC(C3)C1)C2. The second-order valence-corrected chi connectivity index (χ2v) is 6.25. The molecule has 0 unspecified atom stereocenters. The Morgan fingerprint density at radius 3 is 2.18 bits per heavy atom. The van der Waals surface area contributed by atoms with Gasteiger partial charge < -0.3 is 15.8 Å². The van der Waals surface area contributed by atoms with Crippen molar-refractivity contribution < 1.29 is 9.53 Å². The second kappa shape index (κ2) is 4.16. The number of ether oxygens (including phenoxy) is 1. The van der Waals surface area contributed by atoms with Gasteiger partial charge in [-0.25, -0.2) is 4.79 Å². The monoisotopic (exact) mass is 238 g/mol. The largest absolute Gasteiger partial charge is 0.448 e. The van der Waals surface area contributed by atoms with E-state index in [0.29, 0.717) is 13.2 Å². The molecule has 0 aromatic heterocycles. The first-order valence-electron chi connectivity index (χ1n) is 6.84. The van der Waals surface area contributed by atoms with Crippen LogP contribution in [0.1, 0.15) is 38.5 Å². The third-order valence-electron chi connectivity index (χ3n) is 4.76. The van der Waals surface area contributed by atoms with E-state index in [1.165, 1.54) is 19.3 Å². The number of nitrogens with one attached hydrogen (secondary N) is 1. The lowest BCUT2D eigenvalue weighted by Gasteiger charge is -2.56. The molecule has 4 rings (SSSR count). The van der Waals surface area contributed by atoms with Crippen LogP contribution in [0.15, 0.2) is 0 Å². The highest BCUT2D eigenvalue weighted by molar-refractivity contribution is 5.68. The molecule has 4 heteroatoms. The molecule has 4 aliphatic carbocycles. The molecule has 0 radical (unpaired) electrons. The average molecular weight is 238 g/mol. The molecular formula is C13H22N2O2. The third kappa shape index (κ3) is 2.15. The fourth-order valence-corrected chi connectivity index (χ4v) is 4.67. The maximum atomic E-state index is 11.7. The van der Waals surface area contributed by atoms with Gasteiger partial charge in [0.2, 0.25) is 0 Å². The molecule has 4 fully saturated rings. The van der Waals surface area contributed by atoms with Gasteiger partial charge in [0.1, 0.15) is 6.61 Å². The number of alkyl carbamates (subject to hydrolysis) is 1. The van der Waals surface area contributed by atoms with Crippen LogP contribution >= 0.6 is 0 Å². The summed E-state index contributed by atoms with van der Waals surface area (Å²) in [6.45, 7) is 0.715. The van der Waals surface area contributed by atoms with Gasteiger partial charge in [-0.3, -0.25) is 0 Å². The van der Waals surface area contributed by atoms with E-state index in [9.17, 15) is 4.79 Å². The first-order valence-corrected chi connectivity index (χ1v) is 6.84. The molecule has 4 aliphatic rings. The van der Waals surface area contributed by atoms with Crippen LogP contribution in [0, 0.1) is 17.8 Å². The molecule has 0 aromatic rings. The molecule has 0 saturated heterocycles. The predicted octanol–water partition coefficient (Wildman–Crippen LogP) is 1.64. The standard InChI is InChI=1S/C13H22N2O2/c14-1-2-17-12(16)15-13-6-9-3-10(7-13)5-11(4-9)8-13/h9-11H,1-8,14H2,(H,15,16). The van der Waals surface area contributed by atoms with Gasteiger partial charge in [0.25, 0.3) is 0 Å². The van der Waals surface area contributed by atoms with Crippen molar-refractivity contribution in [2.75, 3.05) is 13.2 Å². The van der Waals surface area contributed by atoms with Gasteiger partial charge in [0.15, 0.2) is 0 Å². The third-order valence-corrected chi connectivity index (χ3v) is 4.76. The average Bonchev–Trinajstić information content (AvgIpc) is 2.23. The minimum atomic E-state index is -0.266. The topological polar surface area (TPSA) is 64.3 Å². The van der Waals surface area contributed by atoms with Gasteiger partial charge in [-0.1, -0.05) is 0 Å². The van der Waals surface area contributed by atoms with Crippen molar-refractivity contribution in [1.82, 2.24) is 5.32 Å².